The third kappa shape index (κ3) is 6.28. The molecular weight excluding hydrogens is 388 g/mol. The number of carbonyl (C=O) groups excluding carboxylic acids is 1. The summed E-state index contributed by atoms with van der Waals surface area (Å²) in [6, 6.07) is 16.8. The average molecular weight is 419 g/mol. The number of benzene rings is 2. The Labute approximate surface area is 184 Å². The number of hydrogen-bond donors (Lipinski definition) is 0. The molecule has 1 aliphatic heterocycles. The van der Waals surface area contributed by atoms with E-state index >= 15 is 0 Å². The van der Waals surface area contributed by atoms with Gasteiger partial charge in [-0.15, -0.1) is 0 Å². The van der Waals surface area contributed by atoms with Gasteiger partial charge in [-0.1, -0.05) is 30.3 Å². The number of morpholine rings is 1. The molecule has 4 rings (SSSR count). The maximum absolute atomic E-state index is 12.4. The summed E-state index contributed by atoms with van der Waals surface area (Å²) in [6.07, 6.45) is 8.19. The normalized spacial score (nSPS) is 14.0. The van der Waals surface area contributed by atoms with E-state index in [1.165, 1.54) is 16.5 Å². The fourth-order valence-electron chi connectivity index (χ4n) is 3.91. The Kier molecular flexibility index (Phi) is 7.51. The third-order valence-electron chi connectivity index (χ3n) is 5.72. The Hall–Kier alpha value is -2.92. The molecule has 5 nitrogen and oxygen atoms in total. The van der Waals surface area contributed by atoms with Gasteiger partial charge in [-0.3, -0.25) is 9.78 Å². The molecular formula is C26H30N2O3. The summed E-state index contributed by atoms with van der Waals surface area (Å²) in [7, 11) is 0. The molecule has 2 aromatic carbocycles. The lowest BCUT2D eigenvalue weighted by Gasteiger charge is -2.26. The van der Waals surface area contributed by atoms with Crippen LogP contribution < -0.4 is 4.74 Å². The number of aryl methyl sites for hydroxylation is 2. The second-order valence-corrected chi connectivity index (χ2v) is 8.00. The highest BCUT2D eigenvalue weighted by Crippen LogP contribution is 2.23. The SMILES string of the molecule is O=C(CCc1ccc2cc(OCCCCc3cccnc3)ccc2c1)N1CCOCC1. The molecule has 1 amide bonds. The first-order chi connectivity index (χ1) is 15.3. The van der Waals surface area contributed by atoms with Crippen molar-refractivity contribution in [2.24, 2.45) is 0 Å². The van der Waals surface area contributed by atoms with Crippen LogP contribution in [0.25, 0.3) is 10.8 Å². The largest absolute Gasteiger partial charge is 0.494 e. The minimum Gasteiger partial charge on any atom is -0.494 e. The van der Waals surface area contributed by atoms with Crippen molar-refractivity contribution in [2.75, 3.05) is 32.9 Å². The second-order valence-electron chi connectivity index (χ2n) is 8.00. The van der Waals surface area contributed by atoms with Crippen LogP contribution in [0, 0.1) is 0 Å². The van der Waals surface area contributed by atoms with Crippen LogP contribution in [0.5, 0.6) is 5.75 Å². The highest BCUT2D eigenvalue weighted by molar-refractivity contribution is 5.84. The maximum atomic E-state index is 12.4. The molecule has 0 atom stereocenters. The molecule has 1 aromatic heterocycles. The number of carbonyl (C=O) groups is 1. The van der Waals surface area contributed by atoms with Gasteiger partial charge in [0.15, 0.2) is 0 Å². The van der Waals surface area contributed by atoms with E-state index in [0.29, 0.717) is 39.3 Å². The quantitative estimate of drug-likeness (QED) is 0.483. The van der Waals surface area contributed by atoms with Crippen LogP contribution in [0.3, 0.4) is 0 Å². The van der Waals surface area contributed by atoms with Crippen molar-refractivity contribution in [1.82, 2.24) is 9.88 Å². The standard InChI is InChI=1S/C26H30N2O3/c29-26(28-13-16-30-17-14-28)11-7-21-6-8-24-19-25(10-9-23(24)18-21)31-15-2-1-4-22-5-3-12-27-20-22/h3,5-6,8-10,12,18-20H,1-2,4,7,11,13-17H2. The summed E-state index contributed by atoms with van der Waals surface area (Å²) in [5, 5.41) is 2.34. The number of pyridine rings is 1. The lowest BCUT2D eigenvalue weighted by Crippen LogP contribution is -2.40. The molecule has 0 saturated carbocycles. The molecule has 0 N–H and O–H groups in total. The molecule has 2 heterocycles. The first-order valence-corrected chi connectivity index (χ1v) is 11.2. The number of nitrogens with zero attached hydrogens (tertiary/aromatic N) is 2. The molecule has 162 valence electrons. The van der Waals surface area contributed by atoms with Crippen molar-refractivity contribution < 1.29 is 14.3 Å². The van der Waals surface area contributed by atoms with Gasteiger partial charge in [0.25, 0.3) is 0 Å². The van der Waals surface area contributed by atoms with Crippen molar-refractivity contribution in [2.45, 2.75) is 32.1 Å². The molecule has 0 aliphatic carbocycles. The molecule has 1 fully saturated rings. The van der Waals surface area contributed by atoms with Crippen LogP contribution in [0.1, 0.15) is 30.4 Å². The van der Waals surface area contributed by atoms with Crippen LogP contribution in [-0.4, -0.2) is 48.7 Å². The third-order valence-corrected chi connectivity index (χ3v) is 5.72. The van der Waals surface area contributed by atoms with Gasteiger partial charge in [-0.05, 0) is 65.8 Å². The number of aromatic nitrogens is 1. The van der Waals surface area contributed by atoms with Gasteiger partial charge in [-0.2, -0.15) is 0 Å². The van der Waals surface area contributed by atoms with E-state index in [1.54, 1.807) is 6.20 Å². The van der Waals surface area contributed by atoms with Crippen LogP contribution in [-0.2, 0) is 22.4 Å². The molecule has 1 saturated heterocycles. The number of hydrogen-bond acceptors (Lipinski definition) is 4. The van der Waals surface area contributed by atoms with Crippen molar-refractivity contribution in [3.8, 4) is 5.75 Å². The number of rotatable bonds is 9. The van der Waals surface area contributed by atoms with Gasteiger partial charge in [0.2, 0.25) is 5.91 Å². The monoisotopic (exact) mass is 418 g/mol. The zero-order chi connectivity index (χ0) is 21.3. The van der Waals surface area contributed by atoms with E-state index in [2.05, 4.69) is 41.4 Å². The van der Waals surface area contributed by atoms with E-state index in [1.807, 2.05) is 23.2 Å². The molecule has 0 bridgehead atoms. The first-order valence-electron chi connectivity index (χ1n) is 11.2. The first kappa shape index (κ1) is 21.3. The van der Waals surface area contributed by atoms with Crippen LogP contribution in [0.2, 0.25) is 0 Å². The Morgan fingerprint density at radius 2 is 1.81 bits per heavy atom. The molecule has 3 aromatic rings. The summed E-state index contributed by atoms with van der Waals surface area (Å²) in [4.78, 5) is 18.4. The van der Waals surface area contributed by atoms with Crippen molar-refractivity contribution >= 4 is 16.7 Å². The van der Waals surface area contributed by atoms with Gasteiger partial charge in [0.1, 0.15) is 5.75 Å². The van der Waals surface area contributed by atoms with Gasteiger partial charge in [0.05, 0.1) is 19.8 Å². The Bertz CT molecular complexity index is 984. The van der Waals surface area contributed by atoms with Crippen LogP contribution >= 0.6 is 0 Å². The highest BCUT2D eigenvalue weighted by atomic mass is 16.5. The fourth-order valence-corrected chi connectivity index (χ4v) is 3.91. The van der Waals surface area contributed by atoms with Gasteiger partial charge in [0, 0.05) is 31.9 Å². The summed E-state index contributed by atoms with van der Waals surface area (Å²) >= 11 is 0. The van der Waals surface area contributed by atoms with E-state index in [4.69, 9.17) is 9.47 Å². The number of ether oxygens (including phenoxy) is 2. The highest BCUT2D eigenvalue weighted by Gasteiger charge is 2.16. The fraction of sp³-hybridized carbons (Fsp3) is 0.385. The topological polar surface area (TPSA) is 51.7 Å². The molecule has 5 heteroatoms. The van der Waals surface area contributed by atoms with E-state index in [0.717, 1.165) is 36.8 Å². The molecule has 0 spiro atoms. The van der Waals surface area contributed by atoms with Crippen molar-refractivity contribution in [3.05, 3.63) is 72.1 Å². The summed E-state index contributed by atoms with van der Waals surface area (Å²) in [6.45, 7) is 3.44. The number of amides is 1. The van der Waals surface area contributed by atoms with E-state index < -0.39 is 0 Å². The van der Waals surface area contributed by atoms with Gasteiger partial charge < -0.3 is 14.4 Å². The zero-order valence-electron chi connectivity index (χ0n) is 18.0. The number of fused-ring (bicyclic) bond motifs is 1. The summed E-state index contributed by atoms with van der Waals surface area (Å²) in [5.41, 5.74) is 2.47. The van der Waals surface area contributed by atoms with Crippen molar-refractivity contribution in [3.63, 3.8) is 0 Å². The Morgan fingerprint density at radius 3 is 2.65 bits per heavy atom. The maximum Gasteiger partial charge on any atom is 0.223 e. The lowest BCUT2D eigenvalue weighted by molar-refractivity contribution is -0.135. The predicted octanol–water partition coefficient (Wildman–Crippen LogP) is 4.43. The van der Waals surface area contributed by atoms with Crippen LogP contribution in [0.15, 0.2) is 60.9 Å². The molecule has 0 radical (unpaired) electrons. The smallest absolute Gasteiger partial charge is 0.223 e. The zero-order valence-corrected chi connectivity index (χ0v) is 18.0. The van der Waals surface area contributed by atoms with Gasteiger partial charge in [-0.25, -0.2) is 0 Å². The predicted molar refractivity (Wildman–Crippen MR) is 122 cm³/mol. The lowest BCUT2D eigenvalue weighted by atomic mass is 10.0. The van der Waals surface area contributed by atoms with E-state index in [-0.39, 0.29) is 5.91 Å². The van der Waals surface area contributed by atoms with E-state index in [9.17, 15) is 4.79 Å². The average Bonchev–Trinajstić information content (AvgIpc) is 2.83. The summed E-state index contributed by atoms with van der Waals surface area (Å²) < 4.78 is 11.3. The van der Waals surface area contributed by atoms with Crippen LogP contribution in [0.4, 0.5) is 0 Å². The number of unbranched alkanes of at least 4 members (excludes halogenated alkanes) is 1. The van der Waals surface area contributed by atoms with Crippen molar-refractivity contribution in [1.29, 1.82) is 0 Å². The van der Waals surface area contributed by atoms with Gasteiger partial charge >= 0.3 is 0 Å². The molecule has 0 unspecified atom stereocenters. The minimum atomic E-state index is 0.218. The Morgan fingerprint density at radius 1 is 0.968 bits per heavy atom. The molecule has 1 aliphatic rings. The second kappa shape index (κ2) is 10.9. The minimum absolute atomic E-state index is 0.218. The molecule has 31 heavy (non-hydrogen) atoms. The summed E-state index contributed by atoms with van der Waals surface area (Å²) in [5.74, 6) is 1.12. The Balaban J connectivity index is 1.24.